The van der Waals surface area contributed by atoms with E-state index in [1.165, 1.54) is 0 Å². The highest BCUT2D eigenvalue weighted by atomic mass is 35.5. The van der Waals surface area contributed by atoms with Crippen molar-refractivity contribution in [3.63, 3.8) is 0 Å². The van der Waals surface area contributed by atoms with Gasteiger partial charge in [-0.25, -0.2) is 5.43 Å². The van der Waals surface area contributed by atoms with Crippen LogP contribution in [0.1, 0.15) is 38.8 Å². The molecule has 0 aliphatic carbocycles. The van der Waals surface area contributed by atoms with Gasteiger partial charge in [0.15, 0.2) is 17.3 Å². The van der Waals surface area contributed by atoms with Crippen LogP contribution in [0.3, 0.4) is 0 Å². The lowest BCUT2D eigenvalue weighted by molar-refractivity contribution is -0.0376. The number of hydrogen-bond acceptors (Lipinski definition) is 5. The Hall–Kier alpha value is -2.18. The number of benzene rings is 2. The Bertz CT molecular complexity index is 1000. The van der Waals surface area contributed by atoms with Crippen molar-refractivity contribution in [1.82, 2.24) is 10.4 Å². The van der Waals surface area contributed by atoms with Crippen molar-refractivity contribution in [3.8, 4) is 0 Å². The van der Waals surface area contributed by atoms with Gasteiger partial charge in [0, 0.05) is 18.8 Å². The molecule has 0 saturated heterocycles. The SMILES string of the molecule is Cc1ccc(C(=O)COC2(C)NN(C)C=C2C(=O)c2c(Cl)ccc(C)c2Cl)cc1. The molecule has 1 unspecified atom stereocenters. The Morgan fingerprint density at radius 2 is 1.76 bits per heavy atom. The van der Waals surface area contributed by atoms with Gasteiger partial charge >= 0.3 is 0 Å². The third-order valence-corrected chi connectivity index (χ3v) is 5.65. The predicted molar refractivity (Wildman–Crippen MR) is 114 cm³/mol. The van der Waals surface area contributed by atoms with E-state index in [0.29, 0.717) is 16.2 Å². The molecule has 152 valence electrons. The molecule has 29 heavy (non-hydrogen) atoms. The fourth-order valence-electron chi connectivity index (χ4n) is 3.16. The average Bonchev–Trinajstić information content (AvgIpc) is 2.98. The summed E-state index contributed by atoms with van der Waals surface area (Å²) in [6.07, 6.45) is 1.62. The van der Waals surface area contributed by atoms with Crippen molar-refractivity contribution in [2.24, 2.45) is 0 Å². The second-order valence-corrected chi connectivity index (χ2v) is 8.04. The molecule has 5 nitrogen and oxygen atoms in total. The molecule has 0 fully saturated rings. The number of carbonyl (C=O) groups excluding carboxylic acids is 2. The molecule has 2 aromatic carbocycles. The Morgan fingerprint density at radius 3 is 2.41 bits per heavy atom. The smallest absolute Gasteiger partial charge is 0.197 e. The number of hydrazine groups is 1. The van der Waals surface area contributed by atoms with Gasteiger partial charge in [-0.15, -0.1) is 0 Å². The number of aryl methyl sites for hydroxylation is 2. The van der Waals surface area contributed by atoms with E-state index in [1.54, 1.807) is 56.4 Å². The van der Waals surface area contributed by atoms with E-state index in [-0.39, 0.29) is 28.8 Å². The molecule has 1 aliphatic heterocycles. The minimum atomic E-state index is -1.21. The number of ether oxygens (including phenoxy) is 1. The van der Waals surface area contributed by atoms with E-state index < -0.39 is 5.72 Å². The van der Waals surface area contributed by atoms with Crippen LogP contribution in [0, 0.1) is 13.8 Å². The predicted octanol–water partition coefficient (Wildman–Crippen LogP) is 4.74. The minimum absolute atomic E-state index is 0.180. The number of hydrogen-bond donors (Lipinski definition) is 1. The lowest BCUT2D eigenvalue weighted by atomic mass is 9.96. The molecule has 1 N–H and O–H groups in total. The number of nitrogens with zero attached hydrogens (tertiary/aromatic N) is 1. The monoisotopic (exact) mass is 432 g/mol. The summed E-state index contributed by atoms with van der Waals surface area (Å²) in [5.41, 5.74) is 4.75. The maximum atomic E-state index is 13.3. The van der Waals surface area contributed by atoms with Gasteiger partial charge in [0.25, 0.3) is 0 Å². The molecule has 0 spiro atoms. The zero-order valence-electron chi connectivity index (χ0n) is 16.7. The summed E-state index contributed by atoms with van der Waals surface area (Å²) in [5.74, 6) is -0.535. The number of carbonyl (C=O) groups is 2. The third kappa shape index (κ3) is 4.38. The molecule has 1 heterocycles. The largest absolute Gasteiger partial charge is 0.347 e. The highest BCUT2D eigenvalue weighted by Gasteiger charge is 2.42. The van der Waals surface area contributed by atoms with Crippen LogP contribution in [0.2, 0.25) is 10.0 Å². The normalized spacial score (nSPS) is 18.7. The van der Waals surface area contributed by atoms with Crippen LogP contribution >= 0.6 is 23.2 Å². The van der Waals surface area contributed by atoms with E-state index in [2.05, 4.69) is 5.43 Å². The third-order valence-electron chi connectivity index (χ3n) is 4.85. The molecule has 0 bridgehead atoms. The molecule has 3 rings (SSSR count). The maximum absolute atomic E-state index is 13.3. The van der Waals surface area contributed by atoms with Gasteiger partial charge in [-0.05, 0) is 32.4 Å². The van der Waals surface area contributed by atoms with Gasteiger partial charge in [0.05, 0.1) is 21.2 Å². The van der Waals surface area contributed by atoms with E-state index in [1.807, 2.05) is 19.1 Å². The molecule has 0 radical (unpaired) electrons. The average molecular weight is 433 g/mol. The van der Waals surface area contributed by atoms with Crippen molar-refractivity contribution in [2.45, 2.75) is 26.5 Å². The van der Waals surface area contributed by atoms with Crippen LogP contribution in [0.25, 0.3) is 0 Å². The standard InChI is InChI=1S/C22H22Cl2N2O3/c1-13-5-8-15(9-6-13)18(27)12-29-22(3)16(11-26(4)25-22)21(28)19-17(23)10-7-14(2)20(19)24/h5-11,25H,12H2,1-4H3. The summed E-state index contributed by atoms with van der Waals surface area (Å²) in [4.78, 5) is 25.8. The molecule has 0 amide bonds. The van der Waals surface area contributed by atoms with E-state index in [0.717, 1.165) is 11.1 Å². The second kappa shape index (κ2) is 8.28. The van der Waals surface area contributed by atoms with Gasteiger partial charge in [-0.3, -0.25) is 9.59 Å². The lowest BCUT2D eigenvalue weighted by Gasteiger charge is -2.29. The summed E-state index contributed by atoms with van der Waals surface area (Å²) in [6.45, 7) is 5.26. The fraction of sp³-hybridized carbons (Fsp3) is 0.273. The minimum Gasteiger partial charge on any atom is -0.347 e. The Labute approximate surface area is 180 Å². The zero-order valence-corrected chi connectivity index (χ0v) is 18.2. The number of nitrogens with one attached hydrogen (secondary N) is 1. The summed E-state index contributed by atoms with van der Waals surface area (Å²) in [7, 11) is 1.74. The Morgan fingerprint density at radius 1 is 1.10 bits per heavy atom. The molecule has 1 atom stereocenters. The first-order chi connectivity index (χ1) is 13.6. The van der Waals surface area contributed by atoms with E-state index >= 15 is 0 Å². The number of halogens is 2. The van der Waals surface area contributed by atoms with Crippen LogP contribution < -0.4 is 5.43 Å². The van der Waals surface area contributed by atoms with Gasteiger partial charge in [-0.2, -0.15) is 0 Å². The first-order valence-corrected chi connectivity index (χ1v) is 9.84. The van der Waals surface area contributed by atoms with Crippen LogP contribution in [0.5, 0.6) is 0 Å². The van der Waals surface area contributed by atoms with Crippen molar-refractivity contribution in [3.05, 3.63) is 80.5 Å². The quantitative estimate of drug-likeness (QED) is 0.667. The van der Waals surface area contributed by atoms with Crippen molar-refractivity contribution in [1.29, 1.82) is 0 Å². The van der Waals surface area contributed by atoms with E-state index in [4.69, 9.17) is 27.9 Å². The molecule has 0 saturated carbocycles. The molecular formula is C22H22Cl2N2O3. The van der Waals surface area contributed by atoms with Gasteiger partial charge in [-0.1, -0.05) is 59.1 Å². The molecule has 1 aliphatic rings. The summed E-state index contributed by atoms with van der Waals surface area (Å²) in [6, 6.07) is 10.6. The fourth-order valence-corrected chi connectivity index (χ4v) is 3.71. The number of Topliss-reactive ketones (excluding diaryl/α,β-unsaturated/α-hetero) is 2. The van der Waals surface area contributed by atoms with E-state index in [9.17, 15) is 9.59 Å². The second-order valence-electron chi connectivity index (χ2n) is 7.26. The van der Waals surface area contributed by atoms with Gasteiger partial charge in [0.2, 0.25) is 0 Å². The van der Waals surface area contributed by atoms with Crippen LogP contribution in [-0.4, -0.2) is 36.0 Å². The topological polar surface area (TPSA) is 58.6 Å². The van der Waals surface area contributed by atoms with Crippen LogP contribution in [0.15, 0.2) is 48.2 Å². The zero-order chi connectivity index (χ0) is 21.3. The Kier molecular flexibility index (Phi) is 6.15. The highest BCUT2D eigenvalue weighted by Crippen LogP contribution is 2.34. The van der Waals surface area contributed by atoms with Crippen molar-refractivity contribution >= 4 is 34.8 Å². The van der Waals surface area contributed by atoms with Crippen LogP contribution in [0.4, 0.5) is 0 Å². The first kappa shape index (κ1) is 21.5. The molecular weight excluding hydrogens is 411 g/mol. The first-order valence-electron chi connectivity index (χ1n) is 9.08. The van der Waals surface area contributed by atoms with Gasteiger partial charge in [0.1, 0.15) is 6.61 Å². The van der Waals surface area contributed by atoms with Crippen molar-refractivity contribution < 1.29 is 14.3 Å². The number of ketones is 2. The molecule has 7 heteroatoms. The summed E-state index contributed by atoms with van der Waals surface area (Å²) >= 11 is 12.6. The maximum Gasteiger partial charge on any atom is 0.197 e. The lowest BCUT2D eigenvalue weighted by Crippen LogP contribution is -2.49. The summed E-state index contributed by atoms with van der Waals surface area (Å²) < 4.78 is 5.89. The van der Waals surface area contributed by atoms with Crippen molar-refractivity contribution in [2.75, 3.05) is 13.7 Å². The summed E-state index contributed by atoms with van der Waals surface area (Å²) in [5, 5.41) is 2.18. The molecule has 2 aromatic rings. The molecule has 0 aromatic heterocycles. The number of rotatable bonds is 6. The van der Waals surface area contributed by atoms with Crippen LogP contribution in [-0.2, 0) is 4.74 Å². The van der Waals surface area contributed by atoms with Gasteiger partial charge < -0.3 is 9.75 Å². The Balaban J connectivity index is 1.84. The highest BCUT2D eigenvalue weighted by molar-refractivity contribution is 6.41.